The van der Waals surface area contributed by atoms with Crippen molar-refractivity contribution in [2.45, 2.75) is 38.5 Å². The first kappa shape index (κ1) is 21.5. The van der Waals surface area contributed by atoms with Gasteiger partial charge in [0.15, 0.2) is 11.5 Å². The Balaban J connectivity index is 0.000000213. The molecule has 0 unspecified atom stereocenters. The highest BCUT2D eigenvalue weighted by atomic mass is 16.3. The van der Waals surface area contributed by atoms with Crippen LogP contribution in [-0.2, 0) is 0 Å². The summed E-state index contributed by atoms with van der Waals surface area (Å²) >= 11 is 0. The number of hydrogen-bond acceptors (Lipinski definition) is 8. The Morgan fingerprint density at radius 1 is 0.833 bits per heavy atom. The Morgan fingerprint density at radius 3 is 2.10 bits per heavy atom. The van der Waals surface area contributed by atoms with Crippen LogP contribution in [0, 0.1) is 0 Å². The number of nitrogens with zero attached hydrogens (tertiary/aromatic N) is 6. The molecule has 0 bridgehead atoms. The van der Waals surface area contributed by atoms with Crippen molar-refractivity contribution in [3.05, 3.63) is 36.8 Å². The third-order valence-corrected chi connectivity index (χ3v) is 4.69. The molecule has 4 aromatic rings. The van der Waals surface area contributed by atoms with E-state index < -0.39 is 0 Å². The minimum atomic E-state index is -0.125. The Hall–Kier alpha value is -3.24. The first-order chi connectivity index (χ1) is 14.6. The van der Waals surface area contributed by atoms with Crippen molar-refractivity contribution in [2.75, 3.05) is 24.7 Å². The third-order valence-electron chi connectivity index (χ3n) is 4.69. The zero-order chi connectivity index (χ0) is 21.3. The topological polar surface area (TPSA) is 153 Å². The molecule has 10 nitrogen and oxygen atoms in total. The molecule has 0 atom stereocenters. The quantitative estimate of drug-likeness (QED) is 0.389. The van der Waals surface area contributed by atoms with E-state index in [1.807, 2.05) is 24.4 Å². The van der Waals surface area contributed by atoms with Crippen molar-refractivity contribution in [3.63, 3.8) is 0 Å². The predicted molar refractivity (Wildman–Crippen MR) is 116 cm³/mol. The van der Waals surface area contributed by atoms with Gasteiger partial charge in [-0.05, 0) is 12.1 Å². The molecule has 1 aliphatic carbocycles. The van der Waals surface area contributed by atoms with Crippen LogP contribution in [0.5, 0.6) is 0 Å². The van der Waals surface area contributed by atoms with Crippen LogP contribution in [-0.4, -0.2) is 52.6 Å². The van der Waals surface area contributed by atoms with Gasteiger partial charge in [0.25, 0.3) is 0 Å². The number of aliphatic hydroxyl groups excluding tert-OH is 2. The van der Waals surface area contributed by atoms with Crippen LogP contribution >= 0.6 is 0 Å². The zero-order valence-corrected chi connectivity index (χ0v) is 16.9. The summed E-state index contributed by atoms with van der Waals surface area (Å²) in [6.07, 6.45) is 14.3. The molecule has 30 heavy (non-hydrogen) atoms. The molecule has 1 aliphatic rings. The van der Waals surface area contributed by atoms with Gasteiger partial charge in [-0.3, -0.25) is 0 Å². The highest BCUT2D eigenvalue weighted by Crippen LogP contribution is 2.27. The van der Waals surface area contributed by atoms with Gasteiger partial charge in [-0.1, -0.05) is 38.5 Å². The number of aromatic nitrogens is 6. The second-order valence-corrected chi connectivity index (χ2v) is 6.89. The molecule has 1 saturated carbocycles. The minimum Gasteiger partial charge on any atom is -0.394 e. The van der Waals surface area contributed by atoms with Crippen molar-refractivity contribution in [1.29, 1.82) is 0 Å². The van der Waals surface area contributed by atoms with E-state index in [0.717, 1.165) is 16.9 Å². The van der Waals surface area contributed by atoms with Crippen LogP contribution in [0.2, 0.25) is 0 Å². The fourth-order valence-electron chi connectivity index (χ4n) is 3.30. The van der Waals surface area contributed by atoms with Crippen LogP contribution in [0.3, 0.4) is 0 Å². The summed E-state index contributed by atoms with van der Waals surface area (Å²) in [5.74, 6) is 0.462. The van der Waals surface area contributed by atoms with Crippen molar-refractivity contribution < 1.29 is 10.2 Å². The van der Waals surface area contributed by atoms with E-state index in [-0.39, 0.29) is 19.2 Å². The van der Waals surface area contributed by atoms with Crippen LogP contribution in [0.25, 0.3) is 22.4 Å². The summed E-state index contributed by atoms with van der Waals surface area (Å²) in [6.45, 7) is -0.250. The number of rotatable bonds is 2. The summed E-state index contributed by atoms with van der Waals surface area (Å²) in [5.41, 5.74) is 14.6. The molecule has 0 aliphatic heterocycles. The van der Waals surface area contributed by atoms with E-state index in [1.165, 1.54) is 38.5 Å². The van der Waals surface area contributed by atoms with Crippen molar-refractivity contribution >= 4 is 22.9 Å². The van der Waals surface area contributed by atoms with Gasteiger partial charge in [0.2, 0.25) is 5.95 Å². The van der Waals surface area contributed by atoms with Gasteiger partial charge in [0.05, 0.1) is 25.1 Å². The number of hydrogen-bond donors (Lipinski definition) is 4. The van der Waals surface area contributed by atoms with E-state index in [4.69, 9.17) is 21.7 Å². The third kappa shape index (κ3) is 5.22. The minimum absolute atomic E-state index is 0.125. The van der Waals surface area contributed by atoms with Gasteiger partial charge in [0, 0.05) is 24.0 Å². The summed E-state index contributed by atoms with van der Waals surface area (Å²) in [6, 6.07) is 5.58. The first-order valence-corrected chi connectivity index (χ1v) is 10.1. The second kappa shape index (κ2) is 10.5. The molecule has 0 saturated heterocycles. The maximum atomic E-state index is 7.62. The van der Waals surface area contributed by atoms with Gasteiger partial charge in [-0.2, -0.15) is 10.1 Å². The largest absolute Gasteiger partial charge is 0.394 e. The molecule has 1 fully saturated rings. The van der Waals surface area contributed by atoms with Crippen molar-refractivity contribution in [2.24, 2.45) is 0 Å². The average molecular weight is 412 g/mol. The molecular formula is C20H28N8O2. The van der Waals surface area contributed by atoms with Crippen LogP contribution in [0.15, 0.2) is 36.8 Å². The fraction of sp³-hybridized carbons (Fsp3) is 0.400. The number of nitrogens with two attached hydrogens (primary N) is 2. The van der Waals surface area contributed by atoms with Gasteiger partial charge in [-0.25, -0.2) is 14.0 Å². The standard InChI is InChI=1S/C12H10N8.C6H12.C2H6O2/c13-11-10-7(2-5-20(10)18-12(14)17-11)8-3-6-19-9(16-8)1-4-15-19;1-2-4-6-5-3-1;3-1-2-4/h1-6H,(H4,13,14,17,18);1-6H2;3-4H,1-2H2. The summed E-state index contributed by atoms with van der Waals surface area (Å²) in [7, 11) is 0. The lowest BCUT2D eigenvalue weighted by atomic mass is 10.0. The second-order valence-electron chi connectivity index (χ2n) is 6.89. The first-order valence-electron chi connectivity index (χ1n) is 10.1. The molecule has 6 N–H and O–H groups in total. The molecule has 0 amide bonds. The molecule has 0 spiro atoms. The monoisotopic (exact) mass is 412 g/mol. The van der Waals surface area contributed by atoms with Crippen molar-refractivity contribution in [3.8, 4) is 11.3 Å². The summed E-state index contributed by atoms with van der Waals surface area (Å²) in [5, 5.41) is 23.5. The molecule has 0 aromatic carbocycles. The van der Waals surface area contributed by atoms with Crippen LogP contribution < -0.4 is 11.5 Å². The van der Waals surface area contributed by atoms with Crippen LogP contribution in [0.1, 0.15) is 38.5 Å². The van der Waals surface area contributed by atoms with Gasteiger partial charge >= 0.3 is 0 Å². The lowest BCUT2D eigenvalue weighted by Crippen LogP contribution is -2.05. The van der Waals surface area contributed by atoms with Crippen molar-refractivity contribution in [1.82, 2.24) is 29.2 Å². The Kier molecular flexibility index (Phi) is 7.52. The average Bonchev–Trinajstić information content (AvgIpc) is 3.42. The lowest BCUT2D eigenvalue weighted by Gasteiger charge is -2.05. The molecule has 0 radical (unpaired) electrons. The van der Waals surface area contributed by atoms with E-state index in [0.29, 0.717) is 11.3 Å². The highest BCUT2D eigenvalue weighted by Gasteiger charge is 2.12. The smallest absolute Gasteiger partial charge is 0.240 e. The van der Waals surface area contributed by atoms with Crippen LogP contribution in [0.4, 0.5) is 11.8 Å². The number of fused-ring (bicyclic) bond motifs is 2. The molecule has 5 rings (SSSR count). The van der Waals surface area contributed by atoms with Gasteiger partial charge < -0.3 is 21.7 Å². The Labute approximate surface area is 174 Å². The predicted octanol–water partition coefficient (Wildman–Crippen LogP) is 1.91. The summed E-state index contributed by atoms with van der Waals surface area (Å²) < 4.78 is 3.30. The maximum Gasteiger partial charge on any atom is 0.240 e. The zero-order valence-electron chi connectivity index (χ0n) is 16.9. The Bertz CT molecular complexity index is 1060. The maximum absolute atomic E-state index is 7.62. The molecule has 160 valence electrons. The molecule has 4 aromatic heterocycles. The number of aliphatic hydroxyl groups is 2. The van der Waals surface area contributed by atoms with Gasteiger partial charge in [-0.15, -0.1) is 5.10 Å². The number of anilines is 2. The molecule has 10 heteroatoms. The lowest BCUT2D eigenvalue weighted by molar-refractivity contribution is 0.186. The normalized spacial score (nSPS) is 13.4. The summed E-state index contributed by atoms with van der Waals surface area (Å²) in [4.78, 5) is 8.53. The van der Waals surface area contributed by atoms with Gasteiger partial charge in [0.1, 0.15) is 5.52 Å². The van der Waals surface area contributed by atoms with E-state index in [9.17, 15) is 0 Å². The molecule has 4 heterocycles. The van der Waals surface area contributed by atoms with E-state index >= 15 is 0 Å². The van der Waals surface area contributed by atoms with E-state index in [1.54, 1.807) is 21.4 Å². The van der Waals surface area contributed by atoms with E-state index in [2.05, 4.69) is 20.2 Å². The number of nitrogen functional groups attached to an aromatic ring is 2. The highest BCUT2D eigenvalue weighted by molar-refractivity contribution is 5.86. The molecular weight excluding hydrogens is 384 g/mol. The Morgan fingerprint density at radius 2 is 1.47 bits per heavy atom. The SMILES string of the molecule is C1CCCCC1.Nc1nc(N)c2c(-c3ccn4nccc4n3)ccn2n1.OCCO. The fourth-order valence-corrected chi connectivity index (χ4v) is 3.30.